The molecule has 0 bridgehead atoms. The smallest absolute Gasteiger partial charge is 0.206 e. The molecule has 5 rings (SSSR count). The van der Waals surface area contributed by atoms with Gasteiger partial charge >= 0.3 is 0 Å². The number of fused-ring (bicyclic) bond motifs is 3. The van der Waals surface area contributed by atoms with Gasteiger partial charge in [-0.3, -0.25) is 0 Å². The number of hydrogen-bond donors (Lipinski definition) is 0. The molecule has 0 aliphatic heterocycles. The van der Waals surface area contributed by atoms with Crippen LogP contribution < -0.4 is 0 Å². The maximum atomic E-state index is 9.49. The van der Waals surface area contributed by atoms with E-state index in [1.807, 2.05) is 44.3 Å². The molecular formula is C28H16N6. The van der Waals surface area contributed by atoms with Crippen molar-refractivity contribution in [2.24, 2.45) is 4.99 Å². The van der Waals surface area contributed by atoms with Crippen molar-refractivity contribution < 1.29 is 0 Å². The Morgan fingerprint density at radius 2 is 1.09 bits per heavy atom. The molecule has 0 fully saturated rings. The van der Waals surface area contributed by atoms with Crippen LogP contribution in [0.15, 0.2) is 65.7 Å². The molecule has 0 saturated heterocycles. The molecule has 0 amide bonds. The van der Waals surface area contributed by atoms with Crippen LogP contribution in [0.3, 0.4) is 0 Å². The molecule has 0 radical (unpaired) electrons. The van der Waals surface area contributed by atoms with E-state index >= 15 is 0 Å². The van der Waals surface area contributed by atoms with Crippen LogP contribution in [0.1, 0.15) is 33.8 Å². The minimum absolute atomic E-state index is 0.0510. The molecule has 3 aromatic carbocycles. The van der Waals surface area contributed by atoms with Gasteiger partial charge in [0.15, 0.2) is 11.4 Å². The van der Waals surface area contributed by atoms with Crippen molar-refractivity contribution in [1.82, 2.24) is 9.97 Å². The molecule has 1 aliphatic rings. The zero-order valence-electron chi connectivity index (χ0n) is 18.5. The predicted molar refractivity (Wildman–Crippen MR) is 128 cm³/mol. The second kappa shape index (κ2) is 8.10. The molecule has 6 nitrogen and oxygen atoms in total. The summed E-state index contributed by atoms with van der Waals surface area (Å²) in [5.74, 6) is 0. The minimum Gasteiger partial charge on any atom is -0.232 e. The van der Waals surface area contributed by atoms with Crippen molar-refractivity contribution in [1.29, 1.82) is 15.8 Å². The van der Waals surface area contributed by atoms with Gasteiger partial charge in [-0.25, -0.2) is 9.97 Å². The van der Waals surface area contributed by atoms with Gasteiger partial charge < -0.3 is 0 Å². The summed E-state index contributed by atoms with van der Waals surface area (Å²) >= 11 is 0. The Morgan fingerprint density at radius 3 is 1.56 bits per heavy atom. The molecule has 0 unspecified atom stereocenters. The maximum absolute atomic E-state index is 9.49. The summed E-state index contributed by atoms with van der Waals surface area (Å²) in [6.07, 6.45) is 1.85. The second-order valence-corrected chi connectivity index (χ2v) is 8.08. The fraction of sp³-hybridized carbons (Fsp3) is 0.0714. The number of nitriles is 3. The molecular weight excluding hydrogens is 420 g/mol. The Hall–Kier alpha value is -5.12. The van der Waals surface area contributed by atoms with Crippen LogP contribution >= 0.6 is 0 Å². The van der Waals surface area contributed by atoms with Crippen LogP contribution in [0.5, 0.6) is 0 Å². The van der Waals surface area contributed by atoms with Gasteiger partial charge in [-0.15, -0.1) is 0 Å². The fourth-order valence-electron chi connectivity index (χ4n) is 4.17. The molecule has 1 aliphatic carbocycles. The molecule has 0 N–H and O–H groups in total. The zero-order valence-corrected chi connectivity index (χ0v) is 18.5. The van der Waals surface area contributed by atoms with Crippen molar-refractivity contribution in [3.05, 3.63) is 94.4 Å². The highest BCUT2D eigenvalue weighted by Gasteiger charge is 2.31. The van der Waals surface area contributed by atoms with E-state index in [-0.39, 0.29) is 11.4 Å². The van der Waals surface area contributed by atoms with Crippen LogP contribution in [0.25, 0.3) is 33.5 Å². The van der Waals surface area contributed by atoms with Gasteiger partial charge in [0.1, 0.15) is 29.2 Å². The number of rotatable bonds is 2. The van der Waals surface area contributed by atoms with Gasteiger partial charge in [-0.05, 0) is 48.2 Å². The highest BCUT2D eigenvalue weighted by Crippen LogP contribution is 2.43. The largest absolute Gasteiger partial charge is 0.232 e. The Balaban J connectivity index is 1.86. The fourth-order valence-corrected chi connectivity index (χ4v) is 4.17. The third-order valence-corrected chi connectivity index (χ3v) is 5.89. The number of aromatic nitrogens is 2. The van der Waals surface area contributed by atoms with Crippen LogP contribution in [-0.4, -0.2) is 15.7 Å². The molecule has 4 aromatic rings. The summed E-state index contributed by atoms with van der Waals surface area (Å²) in [5.41, 5.74) is 8.74. The SMILES string of the molecule is Cc1ccc(-c2cc3c(cc2-c2ccc(C)cc2)-c2nc(C#N)c(C#N)nc2/C3=N/C#N)cc1. The Bertz CT molecular complexity index is 1620. The van der Waals surface area contributed by atoms with E-state index in [0.29, 0.717) is 22.7 Å². The molecule has 158 valence electrons. The minimum atomic E-state index is -0.0859. The molecule has 0 spiro atoms. The van der Waals surface area contributed by atoms with Crippen LogP contribution in [-0.2, 0) is 0 Å². The van der Waals surface area contributed by atoms with Gasteiger partial charge in [-0.2, -0.15) is 20.8 Å². The Morgan fingerprint density at radius 1 is 0.618 bits per heavy atom. The first-order chi connectivity index (χ1) is 16.5. The van der Waals surface area contributed by atoms with E-state index in [9.17, 15) is 15.8 Å². The van der Waals surface area contributed by atoms with E-state index in [4.69, 9.17) is 0 Å². The monoisotopic (exact) mass is 436 g/mol. The van der Waals surface area contributed by atoms with Gasteiger partial charge in [-0.1, -0.05) is 59.7 Å². The van der Waals surface area contributed by atoms with Gasteiger partial charge in [0, 0.05) is 11.1 Å². The molecule has 34 heavy (non-hydrogen) atoms. The van der Waals surface area contributed by atoms with E-state index in [2.05, 4.69) is 63.5 Å². The molecule has 1 aromatic heterocycles. The molecule has 1 heterocycles. The summed E-state index contributed by atoms with van der Waals surface area (Å²) in [6.45, 7) is 4.08. The van der Waals surface area contributed by atoms with Crippen LogP contribution in [0.2, 0.25) is 0 Å². The average Bonchev–Trinajstić information content (AvgIpc) is 3.15. The lowest BCUT2D eigenvalue weighted by Crippen LogP contribution is -2.05. The first-order valence-electron chi connectivity index (χ1n) is 10.6. The number of aliphatic imine (C=N–C) groups is 1. The summed E-state index contributed by atoms with van der Waals surface area (Å²) in [6, 6.07) is 24.4. The molecule has 0 atom stereocenters. The summed E-state index contributed by atoms with van der Waals surface area (Å²) in [7, 11) is 0. The van der Waals surface area contributed by atoms with Gasteiger partial charge in [0.05, 0.1) is 0 Å². The number of nitrogens with zero attached hydrogens (tertiary/aromatic N) is 6. The highest BCUT2D eigenvalue weighted by molar-refractivity contribution is 6.24. The summed E-state index contributed by atoms with van der Waals surface area (Å²) in [4.78, 5) is 12.8. The average molecular weight is 436 g/mol. The van der Waals surface area contributed by atoms with Gasteiger partial charge in [0.2, 0.25) is 6.19 Å². The standard InChI is InChI=1S/C28H16N6/c1-16-3-7-18(8-4-16)20-11-22-23(12-21(20)19-9-5-17(2)6-10-19)27-28(26(22)32-15-31)34-25(14-30)24(13-29)33-27/h3-12H,1-2H3/b32-26+. The number of aryl methyl sites for hydroxylation is 2. The van der Waals surface area contributed by atoms with Crippen molar-refractivity contribution in [2.45, 2.75) is 13.8 Å². The van der Waals surface area contributed by atoms with Crippen molar-refractivity contribution in [3.8, 4) is 51.8 Å². The highest BCUT2D eigenvalue weighted by atomic mass is 14.9. The predicted octanol–water partition coefficient (Wildman–Crippen LogP) is 5.47. The van der Waals surface area contributed by atoms with Crippen molar-refractivity contribution in [2.75, 3.05) is 0 Å². The number of benzene rings is 3. The van der Waals surface area contributed by atoms with Crippen molar-refractivity contribution >= 4 is 5.71 Å². The first-order valence-corrected chi connectivity index (χ1v) is 10.6. The second-order valence-electron chi connectivity index (χ2n) is 8.08. The number of hydrogen-bond acceptors (Lipinski definition) is 6. The normalized spacial score (nSPS) is 12.4. The maximum Gasteiger partial charge on any atom is 0.206 e. The third-order valence-electron chi connectivity index (χ3n) is 5.89. The summed E-state index contributed by atoms with van der Waals surface area (Å²) < 4.78 is 0. The lowest BCUT2D eigenvalue weighted by atomic mass is 9.89. The lowest BCUT2D eigenvalue weighted by Gasteiger charge is -2.14. The quantitative estimate of drug-likeness (QED) is 0.341. The Labute approximate surface area is 196 Å². The summed E-state index contributed by atoms with van der Waals surface area (Å²) in [5, 5.41) is 28.3. The van der Waals surface area contributed by atoms with Crippen LogP contribution in [0, 0.1) is 48.0 Å². The third kappa shape index (κ3) is 3.30. The lowest BCUT2D eigenvalue weighted by molar-refractivity contribution is 1.13. The van der Waals surface area contributed by atoms with E-state index in [1.165, 1.54) is 0 Å². The van der Waals surface area contributed by atoms with Crippen molar-refractivity contribution in [3.63, 3.8) is 0 Å². The molecule has 0 saturated carbocycles. The first kappa shape index (κ1) is 20.8. The van der Waals surface area contributed by atoms with E-state index in [1.54, 1.807) is 0 Å². The zero-order chi connectivity index (χ0) is 23.8. The van der Waals surface area contributed by atoms with Crippen LogP contribution in [0.4, 0.5) is 0 Å². The molecule has 6 heteroatoms. The Kier molecular flexibility index (Phi) is 4.94. The topological polar surface area (TPSA) is 110 Å². The van der Waals surface area contributed by atoms with E-state index in [0.717, 1.165) is 38.9 Å². The van der Waals surface area contributed by atoms with Gasteiger partial charge in [0.25, 0.3) is 0 Å². The van der Waals surface area contributed by atoms with E-state index < -0.39 is 0 Å².